The van der Waals surface area contributed by atoms with Crippen molar-refractivity contribution >= 4 is 29.2 Å². The van der Waals surface area contributed by atoms with E-state index in [1.54, 1.807) is 0 Å². The molecule has 0 radical (unpaired) electrons. The summed E-state index contributed by atoms with van der Waals surface area (Å²) in [5.74, 6) is 0. The Kier molecular flexibility index (Phi) is 129. The second-order valence-corrected chi connectivity index (χ2v) is 2.46. The average molecular weight is 227 g/mol. The van der Waals surface area contributed by atoms with Gasteiger partial charge < -0.3 is 47.0 Å². The van der Waals surface area contributed by atoms with Crippen LogP contribution in [0.25, 0.3) is 0 Å². The van der Waals surface area contributed by atoms with Gasteiger partial charge in [0, 0.05) is 0 Å². The zero-order valence-corrected chi connectivity index (χ0v) is 11.4. The van der Waals surface area contributed by atoms with Crippen LogP contribution in [0.15, 0.2) is 0 Å². The van der Waals surface area contributed by atoms with Gasteiger partial charge in [0.1, 0.15) is 0 Å². The van der Waals surface area contributed by atoms with E-state index in [0.717, 1.165) is 0 Å². The van der Waals surface area contributed by atoms with Crippen LogP contribution in [0, 0.1) is 0 Å². The first-order chi connectivity index (χ1) is 3.65. The largest absolute Gasteiger partial charge is 1.00 e. The van der Waals surface area contributed by atoms with Crippen molar-refractivity contribution < 1.29 is 46.0 Å². The fourth-order valence-electron chi connectivity index (χ4n) is 0. The van der Waals surface area contributed by atoms with Crippen LogP contribution in [0.3, 0.4) is 0 Å². The molecular formula is C5H18NNaO3S2. The molecule has 4 nitrogen and oxygen atoms in total. The van der Waals surface area contributed by atoms with E-state index in [1.807, 2.05) is 0 Å². The van der Waals surface area contributed by atoms with E-state index in [4.69, 9.17) is 0 Å². The standard InChI is InChI=1S/C4H10.CH3NS2.Na.3H2O/c1-3-4-2;2-1(3)4;;;;/h3-4H2,1-2H3;(H3,2,3,4);;3*1H2/q;;+1;;;/p-1. The zero-order chi connectivity index (χ0) is 6.99. The molecule has 0 bridgehead atoms. The van der Waals surface area contributed by atoms with Gasteiger partial charge in [0.15, 0.2) is 0 Å². The van der Waals surface area contributed by atoms with E-state index < -0.39 is 0 Å². The van der Waals surface area contributed by atoms with Crippen molar-refractivity contribution in [2.24, 2.45) is 5.73 Å². The Balaban J connectivity index is -0.0000000112. The van der Waals surface area contributed by atoms with Crippen LogP contribution < -0.4 is 35.3 Å². The third-order valence-corrected chi connectivity index (χ3v) is 0.500. The number of nitrogens with two attached hydrogens (primary N) is 1. The molecule has 0 rings (SSSR count). The van der Waals surface area contributed by atoms with Crippen molar-refractivity contribution in [1.82, 2.24) is 0 Å². The van der Waals surface area contributed by atoms with Gasteiger partial charge >= 0.3 is 29.6 Å². The molecule has 0 unspecified atom stereocenters. The summed E-state index contributed by atoms with van der Waals surface area (Å²) in [6.07, 6.45) is 2.64. The van der Waals surface area contributed by atoms with Gasteiger partial charge in [-0.1, -0.05) is 31.0 Å². The van der Waals surface area contributed by atoms with Crippen LogP contribution >= 0.6 is 12.2 Å². The SMILES string of the molecule is CCCC.NC(=S)[S-].O.O.O.[Na+]. The molecule has 0 amide bonds. The van der Waals surface area contributed by atoms with E-state index in [2.05, 4.69) is 44.4 Å². The van der Waals surface area contributed by atoms with Gasteiger partial charge in [-0.2, -0.15) is 0 Å². The van der Waals surface area contributed by atoms with Crippen LogP contribution in [-0.4, -0.2) is 20.7 Å². The van der Waals surface area contributed by atoms with Crippen molar-refractivity contribution in [2.75, 3.05) is 0 Å². The summed E-state index contributed by atoms with van der Waals surface area (Å²) in [6.45, 7) is 4.36. The van der Waals surface area contributed by atoms with Gasteiger partial charge in [-0.3, -0.25) is 0 Å². The fraction of sp³-hybridized carbons (Fsp3) is 0.800. The number of thiocarbonyl (C=S) groups is 1. The molecule has 12 heavy (non-hydrogen) atoms. The van der Waals surface area contributed by atoms with Gasteiger partial charge in [-0.15, -0.1) is 0 Å². The summed E-state index contributed by atoms with van der Waals surface area (Å²) < 4.78 is 0.0833. The van der Waals surface area contributed by atoms with Gasteiger partial charge in [-0.05, 0) is 0 Å². The van der Waals surface area contributed by atoms with Gasteiger partial charge in [0.25, 0.3) is 0 Å². The maximum absolute atomic E-state index is 4.66. The normalized spacial score (nSPS) is 4.50. The molecule has 0 saturated carbocycles. The fourth-order valence-corrected chi connectivity index (χ4v) is 0. The van der Waals surface area contributed by atoms with Gasteiger partial charge in [0.2, 0.25) is 0 Å². The summed E-state index contributed by atoms with van der Waals surface area (Å²) in [6, 6.07) is 0. The van der Waals surface area contributed by atoms with Gasteiger partial charge in [-0.25, -0.2) is 0 Å². The molecule has 0 aliphatic carbocycles. The van der Waals surface area contributed by atoms with E-state index >= 15 is 0 Å². The minimum atomic E-state index is 0. The smallest absolute Gasteiger partial charge is 0.415 e. The topological polar surface area (TPSA) is 121 Å². The average Bonchev–Trinajstić information content (AvgIpc) is 1.65. The monoisotopic (exact) mass is 227 g/mol. The third-order valence-electron chi connectivity index (χ3n) is 0.500. The minimum absolute atomic E-state index is 0. The van der Waals surface area contributed by atoms with Crippen LogP contribution in [0.4, 0.5) is 0 Å². The third kappa shape index (κ3) is 277. The second kappa shape index (κ2) is 40.4. The Morgan fingerprint density at radius 1 is 1.17 bits per heavy atom. The Morgan fingerprint density at radius 2 is 1.25 bits per heavy atom. The van der Waals surface area contributed by atoms with Crippen molar-refractivity contribution in [2.45, 2.75) is 26.7 Å². The van der Waals surface area contributed by atoms with E-state index in [9.17, 15) is 0 Å². The molecule has 0 aliphatic rings. The van der Waals surface area contributed by atoms with Crippen LogP contribution in [0.5, 0.6) is 0 Å². The van der Waals surface area contributed by atoms with E-state index in [1.165, 1.54) is 12.8 Å². The van der Waals surface area contributed by atoms with Crippen LogP contribution in [0.2, 0.25) is 0 Å². The molecule has 0 aromatic carbocycles. The summed E-state index contributed by atoms with van der Waals surface area (Å²) in [4.78, 5) is 0. The van der Waals surface area contributed by atoms with E-state index in [-0.39, 0.29) is 50.3 Å². The molecule has 0 aliphatic heterocycles. The van der Waals surface area contributed by atoms with Crippen molar-refractivity contribution in [3.8, 4) is 0 Å². The molecule has 0 aromatic rings. The quantitative estimate of drug-likeness (QED) is 0.280. The summed E-state index contributed by atoms with van der Waals surface area (Å²) in [7, 11) is 0. The number of hydrogen-bond donors (Lipinski definition) is 1. The zero-order valence-electron chi connectivity index (χ0n) is 7.81. The molecule has 0 heterocycles. The first kappa shape index (κ1) is 38.2. The molecule has 7 heteroatoms. The number of rotatable bonds is 1. The molecule has 0 spiro atoms. The molecule has 0 saturated heterocycles. The predicted octanol–water partition coefficient (Wildman–Crippen LogP) is -3.89. The minimum Gasteiger partial charge on any atom is -0.415 e. The molecule has 74 valence electrons. The Hall–Kier alpha value is 0.990. The Labute approximate surface area is 107 Å². The maximum atomic E-state index is 4.66. The Morgan fingerprint density at radius 3 is 1.25 bits per heavy atom. The number of unbranched alkanes of at least 4 members (excludes halogenated alkanes) is 1. The molecular weight excluding hydrogens is 209 g/mol. The number of hydrogen-bond acceptors (Lipinski definition) is 2. The van der Waals surface area contributed by atoms with Crippen LogP contribution in [-0.2, 0) is 12.6 Å². The Bertz CT molecular complexity index is 62.7. The first-order valence-corrected chi connectivity index (χ1v) is 3.43. The molecule has 0 fully saturated rings. The van der Waals surface area contributed by atoms with Gasteiger partial charge in [0.05, 0.1) is 0 Å². The maximum Gasteiger partial charge on any atom is 1.00 e. The van der Waals surface area contributed by atoms with Crippen molar-refractivity contribution in [3.05, 3.63) is 0 Å². The van der Waals surface area contributed by atoms with E-state index in [0.29, 0.717) is 0 Å². The van der Waals surface area contributed by atoms with Crippen LogP contribution in [0.1, 0.15) is 26.7 Å². The summed E-state index contributed by atoms with van der Waals surface area (Å²) in [5.41, 5.74) is 4.66. The van der Waals surface area contributed by atoms with Crippen molar-refractivity contribution in [1.29, 1.82) is 0 Å². The molecule has 0 atom stereocenters. The molecule has 8 N–H and O–H groups in total. The first-order valence-electron chi connectivity index (χ1n) is 2.61. The second-order valence-electron chi connectivity index (χ2n) is 1.32. The predicted molar refractivity (Wildman–Crippen MR) is 55.6 cm³/mol. The molecule has 0 aromatic heterocycles. The summed E-state index contributed by atoms with van der Waals surface area (Å²) >= 11 is 8.26. The van der Waals surface area contributed by atoms with Crippen molar-refractivity contribution in [3.63, 3.8) is 0 Å². The summed E-state index contributed by atoms with van der Waals surface area (Å²) in [5, 5.41) is 0.